The van der Waals surface area contributed by atoms with Crippen LogP contribution in [0.15, 0.2) is 24.3 Å². The molecule has 0 saturated carbocycles. The third kappa shape index (κ3) is 6.11. The van der Waals surface area contributed by atoms with E-state index in [0.717, 1.165) is 38.2 Å². The normalized spacial score (nSPS) is 17.4. The molecule has 1 atom stereocenters. The number of hydrogen-bond acceptors (Lipinski definition) is 4. The molecule has 1 unspecified atom stereocenters. The third-order valence-electron chi connectivity index (χ3n) is 5.00. The van der Waals surface area contributed by atoms with Gasteiger partial charge in [-0.2, -0.15) is 0 Å². The molecule has 0 aliphatic carbocycles. The van der Waals surface area contributed by atoms with Crippen LogP contribution < -0.4 is 5.32 Å². The number of benzene rings is 1. The molecule has 1 aromatic carbocycles. The Balaban J connectivity index is 1.80. The van der Waals surface area contributed by atoms with Gasteiger partial charge in [-0.05, 0) is 32.4 Å². The van der Waals surface area contributed by atoms with Gasteiger partial charge in [0, 0.05) is 40.3 Å². The minimum atomic E-state index is -0.162. The van der Waals surface area contributed by atoms with Gasteiger partial charge in [-0.25, -0.2) is 0 Å². The number of carbonyl (C=O) groups is 2. The molecule has 0 bridgehead atoms. The monoisotopic (exact) mass is 360 g/mol. The maximum Gasteiger partial charge on any atom is 0.237 e. The average molecular weight is 361 g/mol. The molecule has 6 nitrogen and oxygen atoms in total. The molecule has 1 aromatic rings. The lowest BCUT2D eigenvalue weighted by Crippen LogP contribution is -2.46. The fraction of sp³-hybridized carbons (Fsp3) is 0.600. The van der Waals surface area contributed by atoms with Gasteiger partial charge in [-0.1, -0.05) is 29.8 Å². The van der Waals surface area contributed by atoms with E-state index in [9.17, 15) is 9.59 Å². The number of hydrogen-bond donors (Lipinski definition) is 1. The smallest absolute Gasteiger partial charge is 0.237 e. The summed E-state index contributed by atoms with van der Waals surface area (Å²) in [5, 5.41) is 3.04. The highest BCUT2D eigenvalue weighted by Crippen LogP contribution is 2.09. The van der Waals surface area contributed by atoms with Gasteiger partial charge in [-0.3, -0.25) is 19.4 Å². The van der Waals surface area contributed by atoms with Gasteiger partial charge < -0.3 is 10.2 Å². The SMILES string of the molecule is Cc1ccc(CNC(=O)C(C)N2CCCN(CC(=O)N(C)C)CC2)cc1. The highest BCUT2D eigenvalue weighted by Gasteiger charge is 2.24. The number of likely N-dealkylation sites (N-methyl/N-ethyl adjacent to an activating group) is 1. The molecule has 1 aliphatic rings. The van der Waals surface area contributed by atoms with Crippen LogP contribution in [0, 0.1) is 6.92 Å². The van der Waals surface area contributed by atoms with Crippen molar-refractivity contribution in [2.45, 2.75) is 32.9 Å². The molecule has 1 aliphatic heterocycles. The van der Waals surface area contributed by atoms with Gasteiger partial charge in [0.2, 0.25) is 11.8 Å². The van der Waals surface area contributed by atoms with Crippen molar-refractivity contribution in [3.63, 3.8) is 0 Å². The molecule has 0 aromatic heterocycles. The molecule has 1 N–H and O–H groups in total. The first-order chi connectivity index (χ1) is 12.4. The minimum Gasteiger partial charge on any atom is -0.351 e. The van der Waals surface area contributed by atoms with E-state index in [1.807, 2.05) is 19.1 Å². The first-order valence-corrected chi connectivity index (χ1v) is 9.36. The van der Waals surface area contributed by atoms with Crippen LogP contribution in [0.25, 0.3) is 0 Å². The van der Waals surface area contributed by atoms with E-state index in [-0.39, 0.29) is 17.9 Å². The summed E-state index contributed by atoms with van der Waals surface area (Å²) in [6, 6.07) is 8.05. The first kappa shape index (κ1) is 20.4. The Hall–Kier alpha value is -1.92. The maximum absolute atomic E-state index is 12.5. The Morgan fingerprint density at radius 2 is 1.81 bits per heavy atom. The van der Waals surface area contributed by atoms with Crippen LogP contribution >= 0.6 is 0 Å². The summed E-state index contributed by atoms with van der Waals surface area (Å²) < 4.78 is 0. The number of nitrogens with zero attached hydrogens (tertiary/aromatic N) is 3. The van der Waals surface area contributed by atoms with Gasteiger partial charge in [0.1, 0.15) is 0 Å². The van der Waals surface area contributed by atoms with Crippen LogP contribution in [0.2, 0.25) is 0 Å². The van der Waals surface area contributed by atoms with Crippen molar-refractivity contribution in [1.82, 2.24) is 20.0 Å². The van der Waals surface area contributed by atoms with E-state index >= 15 is 0 Å². The van der Waals surface area contributed by atoms with Crippen molar-refractivity contribution in [1.29, 1.82) is 0 Å². The minimum absolute atomic E-state index is 0.0587. The number of amides is 2. The van der Waals surface area contributed by atoms with Crippen LogP contribution in [0.4, 0.5) is 0 Å². The van der Waals surface area contributed by atoms with Gasteiger partial charge >= 0.3 is 0 Å². The highest BCUT2D eigenvalue weighted by molar-refractivity contribution is 5.81. The summed E-state index contributed by atoms with van der Waals surface area (Å²) in [6.45, 7) is 8.43. The van der Waals surface area contributed by atoms with E-state index in [2.05, 4.69) is 34.2 Å². The van der Waals surface area contributed by atoms with Crippen LogP contribution in [0.5, 0.6) is 0 Å². The average Bonchev–Trinajstić information content (AvgIpc) is 2.85. The van der Waals surface area contributed by atoms with E-state index < -0.39 is 0 Å². The summed E-state index contributed by atoms with van der Waals surface area (Å²) in [4.78, 5) is 30.4. The Morgan fingerprint density at radius 1 is 1.12 bits per heavy atom. The molecule has 2 rings (SSSR count). The Bertz CT molecular complexity index is 600. The molecule has 144 valence electrons. The molecular formula is C20H32N4O2. The summed E-state index contributed by atoms with van der Waals surface area (Å²) in [5.74, 6) is 0.186. The lowest BCUT2D eigenvalue weighted by molar-refractivity contribution is -0.130. The molecule has 6 heteroatoms. The van der Waals surface area contributed by atoms with Crippen molar-refractivity contribution in [3.8, 4) is 0 Å². The predicted molar refractivity (Wildman–Crippen MR) is 104 cm³/mol. The second-order valence-electron chi connectivity index (χ2n) is 7.33. The number of nitrogens with one attached hydrogen (secondary N) is 1. The summed E-state index contributed by atoms with van der Waals surface area (Å²) in [5.41, 5.74) is 2.33. The zero-order chi connectivity index (χ0) is 19.1. The van der Waals surface area contributed by atoms with Crippen molar-refractivity contribution in [2.75, 3.05) is 46.8 Å². The Kier molecular flexibility index (Phi) is 7.60. The lowest BCUT2D eigenvalue weighted by Gasteiger charge is -2.27. The third-order valence-corrected chi connectivity index (χ3v) is 5.00. The van der Waals surface area contributed by atoms with Crippen molar-refractivity contribution >= 4 is 11.8 Å². The van der Waals surface area contributed by atoms with Crippen LogP contribution in [0.3, 0.4) is 0 Å². The number of carbonyl (C=O) groups excluding carboxylic acids is 2. The Labute approximate surface area is 157 Å². The van der Waals surface area contributed by atoms with E-state index in [1.165, 1.54) is 5.56 Å². The van der Waals surface area contributed by atoms with Crippen LogP contribution in [-0.2, 0) is 16.1 Å². The number of aryl methyl sites for hydroxylation is 1. The molecule has 0 spiro atoms. The Morgan fingerprint density at radius 3 is 2.46 bits per heavy atom. The zero-order valence-corrected chi connectivity index (χ0v) is 16.5. The van der Waals surface area contributed by atoms with Crippen LogP contribution in [-0.4, -0.2) is 79.4 Å². The highest BCUT2D eigenvalue weighted by atomic mass is 16.2. The maximum atomic E-state index is 12.5. The summed E-state index contributed by atoms with van der Waals surface area (Å²) >= 11 is 0. The van der Waals surface area contributed by atoms with E-state index in [1.54, 1.807) is 19.0 Å². The molecule has 0 radical (unpaired) electrons. The second-order valence-corrected chi connectivity index (χ2v) is 7.33. The van der Waals surface area contributed by atoms with Gasteiger partial charge in [0.15, 0.2) is 0 Å². The molecule has 1 fully saturated rings. The fourth-order valence-electron chi connectivity index (χ4n) is 3.08. The zero-order valence-electron chi connectivity index (χ0n) is 16.5. The van der Waals surface area contributed by atoms with Gasteiger partial charge in [0.25, 0.3) is 0 Å². The summed E-state index contributed by atoms with van der Waals surface area (Å²) in [7, 11) is 3.57. The molecule has 1 heterocycles. The quantitative estimate of drug-likeness (QED) is 0.825. The van der Waals surface area contributed by atoms with E-state index in [0.29, 0.717) is 13.1 Å². The van der Waals surface area contributed by atoms with E-state index in [4.69, 9.17) is 0 Å². The van der Waals surface area contributed by atoms with Crippen molar-refractivity contribution in [2.24, 2.45) is 0 Å². The van der Waals surface area contributed by atoms with Crippen molar-refractivity contribution < 1.29 is 9.59 Å². The standard InChI is InChI=1S/C20H32N4O2/c1-16-6-8-18(9-7-16)14-21-20(26)17(2)24-11-5-10-23(12-13-24)15-19(25)22(3)4/h6-9,17H,5,10-15H2,1-4H3,(H,21,26). The van der Waals surface area contributed by atoms with Crippen LogP contribution in [0.1, 0.15) is 24.5 Å². The fourth-order valence-corrected chi connectivity index (χ4v) is 3.08. The van der Waals surface area contributed by atoms with Gasteiger partial charge in [0.05, 0.1) is 12.6 Å². The molecule has 2 amide bonds. The van der Waals surface area contributed by atoms with Crippen molar-refractivity contribution in [3.05, 3.63) is 35.4 Å². The second kappa shape index (κ2) is 9.69. The molecular weight excluding hydrogens is 328 g/mol. The molecule has 26 heavy (non-hydrogen) atoms. The summed E-state index contributed by atoms with van der Waals surface area (Å²) in [6.07, 6.45) is 0.969. The predicted octanol–water partition coefficient (Wildman–Crippen LogP) is 1.10. The van der Waals surface area contributed by atoms with Gasteiger partial charge in [-0.15, -0.1) is 0 Å². The molecule has 1 saturated heterocycles. The first-order valence-electron chi connectivity index (χ1n) is 9.36. The number of rotatable bonds is 6. The topological polar surface area (TPSA) is 55.9 Å². The lowest BCUT2D eigenvalue weighted by atomic mass is 10.1. The largest absolute Gasteiger partial charge is 0.351 e.